The lowest BCUT2D eigenvalue weighted by atomic mass is 10.1. The molecule has 1 atom stereocenters. The number of hydrogen-bond acceptors (Lipinski definition) is 7. The van der Waals surface area contributed by atoms with Crippen LogP contribution in [-0.2, 0) is 15.9 Å². The number of ether oxygens (including phenoxy) is 2. The number of nitrogens with one attached hydrogen (secondary N) is 2. The van der Waals surface area contributed by atoms with Crippen molar-refractivity contribution in [2.75, 3.05) is 18.2 Å². The van der Waals surface area contributed by atoms with E-state index in [4.69, 9.17) is 14.3 Å². The minimum Gasteiger partial charge on any atom is -0.491 e. The van der Waals surface area contributed by atoms with Crippen LogP contribution in [0.1, 0.15) is 28.5 Å². The number of benzene rings is 2. The molecular formula is C22H19F5N4O4S. The molecule has 192 valence electrons. The zero-order valence-corrected chi connectivity index (χ0v) is 19.8. The molecule has 0 bridgehead atoms. The zero-order chi connectivity index (χ0) is 26.8. The summed E-state index contributed by atoms with van der Waals surface area (Å²) in [6, 6.07) is 7.32. The fourth-order valence-electron chi connectivity index (χ4n) is 3.08. The molecule has 2 aromatic carbocycles. The molecule has 2 N–H and O–H groups in total. The molecule has 0 aliphatic carbocycles. The van der Waals surface area contributed by atoms with Gasteiger partial charge in [-0.1, -0.05) is 6.07 Å². The largest absolute Gasteiger partial charge is 0.491 e. The molecule has 0 aliphatic rings. The molecule has 14 heteroatoms. The van der Waals surface area contributed by atoms with Gasteiger partial charge in [0, 0.05) is 16.8 Å². The summed E-state index contributed by atoms with van der Waals surface area (Å²) >= 11 is 0. The Labute approximate surface area is 202 Å². The number of rotatable bonds is 7. The summed E-state index contributed by atoms with van der Waals surface area (Å²) in [5, 5.41) is 8.68. The molecule has 1 unspecified atom stereocenters. The number of amides is 1. The monoisotopic (exact) mass is 530 g/mol. The summed E-state index contributed by atoms with van der Waals surface area (Å²) in [6.45, 7) is 2.53. The van der Waals surface area contributed by atoms with E-state index in [0.29, 0.717) is 0 Å². The van der Waals surface area contributed by atoms with Gasteiger partial charge in [-0.15, -0.1) is 10.2 Å². The van der Waals surface area contributed by atoms with Crippen LogP contribution < -0.4 is 14.8 Å². The summed E-state index contributed by atoms with van der Waals surface area (Å²) < 4.78 is 98.9. The van der Waals surface area contributed by atoms with E-state index in [9.17, 15) is 31.0 Å². The number of nitrogens with zero attached hydrogens (tertiary/aromatic N) is 2. The van der Waals surface area contributed by atoms with Crippen LogP contribution in [-0.4, -0.2) is 33.2 Å². The Balaban J connectivity index is 2.08. The quantitative estimate of drug-likeness (QED) is 0.387. The summed E-state index contributed by atoms with van der Waals surface area (Å²) in [7, 11) is -3.16. The van der Waals surface area contributed by atoms with Crippen molar-refractivity contribution >= 4 is 21.3 Å². The van der Waals surface area contributed by atoms with Crippen LogP contribution in [0.4, 0.5) is 27.6 Å². The molecule has 0 aliphatic heterocycles. The van der Waals surface area contributed by atoms with Gasteiger partial charge in [-0.05, 0) is 49.7 Å². The van der Waals surface area contributed by atoms with E-state index in [-0.39, 0.29) is 17.2 Å². The Kier molecular flexibility index (Phi) is 7.48. The molecule has 3 rings (SSSR count). The molecule has 3 aromatic rings. The van der Waals surface area contributed by atoms with Crippen molar-refractivity contribution in [1.82, 2.24) is 10.2 Å². The molecule has 0 saturated carbocycles. The highest BCUT2D eigenvalue weighted by molar-refractivity contribution is 7.91. The van der Waals surface area contributed by atoms with Crippen LogP contribution in [0.2, 0.25) is 0 Å². The van der Waals surface area contributed by atoms with Crippen LogP contribution in [0.5, 0.6) is 17.4 Å². The first kappa shape index (κ1) is 26.8. The lowest BCUT2D eigenvalue weighted by molar-refractivity contribution is -0.142. The number of aromatic nitrogens is 2. The maximum atomic E-state index is 14.5. The maximum absolute atomic E-state index is 14.5. The molecule has 1 aromatic heterocycles. The highest BCUT2D eigenvalue weighted by atomic mass is 32.2. The standard InChI is InChI=1S/C22H19F5N4O4S/c1-4-34-14-8-9-15(18(24)17(14)23)35-21-16(11(2)19(30-31-21)22(25,26)27)20(32)29-12-6-5-7-13(10-12)36(3,28)33/h5-10,28H,4H2,1-3H3,(H,29,32). The fraction of sp³-hybridized carbons (Fsp3) is 0.227. The fourth-order valence-corrected chi connectivity index (χ4v) is 3.77. The molecule has 0 radical (unpaired) electrons. The Hall–Kier alpha value is -3.81. The second-order valence-corrected chi connectivity index (χ2v) is 9.56. The summed E-state index contributed by atoms with van der Waals surface area (Å²) in [5.41, 5.74) is -2.92. The first-order chi connectivity index (χ1) is 16.7. The van der Waals surface area contributed by atoms with Crippen LogP contribution in [0.3, 0.4) is 0 Å². The lowest BCUT2D eigenvalue weighted by Gasteiger charge is -2.16. The van der Waals surface area contributed by atoms with Crippen molar-refractivity contribution in [2.24, 2.45) is 0 Å². The molecule has 1 amide bonds. The first-order valence-electron chi connectivity index (χ1n) is 10.1. The van der Waals surface area contributed by atoms with Crippen LogP contribution in [0, 0.1) is 23.3 Å². The molecule has 0 saturated heterocycles. The Morgan fingerprint density at radius 2 is 1.75 bits per heavy atom. The van der Waals surface area contributed by atoms with Crippen molar-refractivity contribution < 1.29 is 40.4 Å². The molecule has 0 fully saturated rings. The highest BCUT2D eigenvalue weighted by Crippen LogP contribution is 2.36. The number of halogens is 5. The Morgan fingerprint density at radius 3 is 2.36 bits per heavy atom. The van der Waals surface area contributed by atoms with Crippen LogP contribution in [0.15, 0.2) is 41.3 Å². The van der Waals surface area contributed by atoms with Gasteiger partial charge in [0.2, 0.25) is 11.6 Å². The summed E-state index contributed by atoms with van der Waals surface area (Å²) in [6.07, 6.45) is -3.84. The predicted octanol–water partition coefficient (Wildman–Crippen LogP) is 5.56. The maximum Gasteiger partial charge on any atom is 0.435 e. The third-order valence-electron chi connectivity index (χ3n) is 4.74. The number of carbonyl (C=O) groups excluding carboxylic acids is 1. The number of anilines is 1. The highest BCUT2D eigenvalue weighted by Gasteiger charge is 2.38. The zero-order valence-electron chi connectivity index (χ0n) is 19.0. The number of hydrogen-bond donors (Lipinski definition) is 2. The van der Waals surface area contributed by atoms with E-state index >= 15 is 0 Å². The van der Waals surface area contributed by atoms with Crippen LogP contribution in [0.25, 0.3) is 0 Å². The van der Waals surface area contributed by atoms with Crippen molar-refractivity contribution in [3.63, 3.8) is 0 Å². The van der Waals surface area contributed by atoms with E-state index in [1.165, 1.54) is 24.3 Å². The van der Waals surface area contributed by atoms with Gasteiger partial charge in [0.1, 0.15) is 5.56 Å². The molecule has 1 heterocycles. The van der Waals surface area contributed by atoms with Gasteiger partial charge in [-0.3, -0.25) is 4.79 Å². The van der Waals surface area contributed by atoms with Crippen LogP contribution >= 0.6 is 0 Å². The summed E-state index contributed by atoms with van der Waals surface area (Å²) in [4.78, 5) is 13.1. The number of alkyl halides is 3. The Bertz CT molecular complexity index is 1430. The van der Waals surface area contributed by atoms with Gasteiger partial charge >= 0.3 is 6.18 Å². The third kappa shape index (κ3) is 5.70. The predicted molar refractivity (Wildman–Crippen MR) is 119 cm³/mol. The average Bonchev–Trinajstić information content (AvgIpc) is 2.77. The smallest absolute Gasteiger partial charge is 0.435 e. The second-order valence-electron chi connectivity index (χ2n) is 7.40. The van der Waals surface area contributed by atoms with Gasteiger partial charge in [-0.25, -0.2) is 8.99 Å². The lowest BCUT2D eigenvalue weighted by Crippen LogP contribution is -2.21. The first-order valence-corrected chi connectivity index (χ1v) is 12.1. The van der Waals surface area contributed by atoms with Crippen molar-refractivity contribution in [3.8, 4) is 17.4 Å². The average molecular weight is 530 g/mol. The second kappa shape index (κ2) is 10.0. The van der Waals surface area contributed by atoms with Gasteiger partial charge in [0.25, 0.3) is 11.8 Å². The van der Waals surface area contributed by atoms with Crippen molar-refractivity contribution in [2.45, 2.75) is 24.9 Å². The van der Waals surface area contributed by atoms with Gasteiger partial charge in [-0.2, -0.15) is 22.0 Å². The number of carbonyl (C=O) groups is 1. The van der Waals surface area contributed by atoms with E-state index in [1.807, 2.05) is 0 Å². The normalized spacial score (nSPS) is 13.1. The molecular weight excluding hydrogens is 511 g/mol. The molecule has 8 nitrogen and oxygen atoms in total. The van der Waals surface area contributed by atoms with Crippen molar-refractivity contribution in [3.05, 3.63) is 64.9 Å². The van der Waals surface area contributed by atoms with Crippen molar-refractivity contribution in [1.29, 1.82) is 4.78 Å². The SMILES string of the molecule is CCOc1ccc(Oc2nnc(C(F)(F)F)c(C)c2C(=O)Nc2cccc(S(C)(=N)=O)c2)c(F)c1F. The van der Waals surface area contributed by atoms with Gasteiger partial charge < -0.3 is 14.8 Å². The van der Waals surface area contributed by atoms with Gasteiger partial charge in [0.15, 0.2) is 17.2 Å². The third-order valence-corrected chi connectivity index (χ3v) is 5.89. The van der Waals surface area contributed by atoms with E-state index in [1.54, 1.807) is 6.92 Å². The molecule has 0 spiro atoms. The minimum absolute atomic E-state index is 0.00772. The van der Waals surface area contributed by atoms with Gasteiger partial charge in [0.05, 0.1) is 16.3 Å². The van der Waals surface area contributed by atoms with E-state index < -0.39 is 67.6 Å². The Morgan fingerprint density at radius 1 is 1.11 bits per heavy atom. The minimum atomic E-state index is -4.99. The molecule has 36 heavy (non-hydrogen) atoms. The summed E-state index contributed by atoms with van der Waals surface area (Å²) in [5.74, 6) is -6.10. The topological polar surface area (TPSA) is 114 Å². The van der Waals surface area contributed by atoms with E-state index in [2.05, 4.69) is 15.5 Å². The van der Waals surface area contributed by atoms with E-state index in [0.717, 1.165) is 25.3 Å².